The molecule has 2 amide bonds. The first-order valence-electron chi connectivity index (χ1n) is 9.16. The van der Waals surface area contributed by atoms with E-state index in [2.05, 4.69) is 41.0 Å². The van der Waals surface area contributed by atoms with Gasteiger partial charge in [-0.3, -0.25) is 5.32 Å². The van der Waals surface area contributed by atoms with Crippen molar-refractivity contribution in [2.45, 2.75) is 26.3 Å². The highest BCUT2D eigenvalue weighted by Crippen LogP contribution is 2.19. The maximum Gasteiger partial charge on any atom is 0.320 e. The molecule has 0 aliphatic heterocycles. The van der Waals surface area contributed by atoms with Crippen molar-refractivity contribution < 1.29 is 4.79 Å². The number of rotatable bonds is 6. The molecule has 0 saturated carbocycles. The number of fused-ring (bicyclic) bond motifs is 1. The van der Waals surface area contributed by atoms with Gasteiger partial charge in [-0.25, -0.2) is 19.7 Å². The summed E-state index contributed by atoms with van der Waals surface area (Å²) in [6.45, 7) is 4.34. The van der Waals surface area contributed by atoms with E-state index in [9.17, 15) is 4.79 Å². The predicted octanol–water partition coefficient (Wildman–Crippen LogP) is 1.72. The molecule has 0 radical (unpaired) electrons. The number of nitrogens with one attached hydrogen (secondary N) is 2. The second kappa shape index (κ2) is 8.00. The Bertz CT molecular complexity index is 1120. The van der Waals surface area contributed by atoms with Gasteiger partial charge < -0.3 is 9.72 Å². The fourth-order valence-electron chi connectivity index (χ4n) is 2.69. The van der Waals surface area contributed by atoms with E-state index in [0.717, 1.165) is 16.8 Å². The van der Waals surface area contributed by atoms with Gasteiger partial charge in [0.15, 0.2) is 11.6 Å². The highest BCUT2D eigenvalue weighted by molar-refractivity contribution is 5.88. The molecule has 11 nitrogen and oxygen atoms in total. The Labute approximate surface area is 166 Å². The Morgan fingerprint density at radius 1 is 1.14 bits per heavy atom. The number of anilines is 1. The van der Waals surface area contributed by atoms with Crippen LogP contribution in [0.1, 0.15) is 25.7 Å². The average Bonchev–Trinajstić information content (AvgIpc) is 3.34. The summed E-state index contributed by atoms with van der Waals surface area (Å²) in [6.07, 6.45) is 9.13. The first-order chi connectivity index (χ1) is 14.1. The van der Waals surface area contributed by atoms with Crippen LogP contribution in [0.4, 0.5) is 10.6 Å². The Kier molecular flexibility index (Phi) is 5.10. The van der Waals surface area contributed by atoms with E-state index in [1.165, 1.54) is 6.33 Å². The number of tetrazole rings is 1. The van der Waals surface area contributed by atoms with Crippen LogP contribution in [0.2, 0.25) is 0 Å². The van der Waals surface area contributed by atoms with E-state index in [1.807, 2.05) is 36.6 Å². The maximum absolute atomic E-state index is 12.1. The van der Waals surface area contributed by atoms with Gasteiger partial charge in [0.05, 0.1) is 12.2 Å². The molecule has 0 atom stereocenters. The summed E-state index contributed by atoms with van der Waals surface area (Å²) in [4.78, 5) is 26.1. The van der Waals surface area contributed by atoms with Crippen molar-refractivity contribution in [3.63, 3.8) is 0 Å². The molecule has 0 aliphatic rings. The molecule has 4 rings (SSSR count). The molecule has 11 heteroatoms. The monoisotopic (exact) mass is 392 g/mol. The molecule has 0 spiro atoms. The van der Waals surface area contributed by atoms with Crippen LogP contribution in [-0.4, -0.2) is 52.1 Å². The Hall–Kier alpha value is -3.89. The quantitative estimate of drug-likeness (QED) is 0.511. The molecule has 0 fully saturated rings. The summed E-state index contributed by atoms with van der Waals surface area (Å²) in [6, 6.07) is 3.61. The summed E-state index contributed by atoms with van der Waals surface area (Å²) in [5.74, 6) is 1.04. The Morgan fingerprint density at radius 2 is 1.97 bits per heavy atom. The summed E-state index contributed by atoms with van der Waals surface area (Å²) in [5, 5.41) is 17.7. The van der Waals surface area contributed by atoms with Crippen LogP contribution in [0.15, 0.2) is 43.2 Å². The number of carbonyl (C=O) groups is 1. The second-order valence-electron chi connectivity index (χ2n) is 6.69. The summed E-state index contributed by atoms with van der Waals surface area (Å²) in [7, 11) is 0. The molecule has 29 heavy (non-hydrogen) atoms. The van der Waals surface area contributed by atoms with Gasteiger partial charge in [0.25, 0.3) is 0 Å². The fraction of sp³-hybridized carbons (Fsp3) is 0.278. The van der Waals surface area contributed by atoms with E-state index < -0.39 is 0 Å². The molecule has 0 bridgehead atoms. The smallest absolute Gasteiger partial charge is 0.320 e. The number of urea groups is 1. The number of pyridine rings is 1. The van der Waals surface area contributed by atoms with Crippen LogP contribution in [0.25, 0.3) is 16.8 Å². The predicted molar refractivity (Wildman–Crippen MR) is 105 cm³/mol. The highest BCUT2D eigenvalue weighted by Gasteiger charge is 2.09. The molecular weight excluding hydrogens is 372 g/mol. The van der Waals surface area contributed by atoms with Gasteiger partial charge in [-0.1, -0.05) is 0 Å². The zero-order valence-corrected chi connectivity index (χ0v) is 16.0. The van der Waals surface area contributed by atoms with E-state index in [-0.39, 0.29) is 12.1 Å². The minimum absolute atomic E-state index is 0.150. The largest absolute Gasteiger partial charge is 0.337 e. The molecule has 0 aliphatic carbocycles. The zero-order valence-electron chi connectivity index (χ0n) is 16.0. The highest BCUT2D eigenvalue weighted by atomic mass is 16.2. The first-order valence-corrected chi connectivity index (χ1v) is 9.16. The van der Waals surface area contributed by atoms with Gasteiger partial charge in [0.1, 0.15) is 12.0 Å². The summed E-state index contributed by atoms with van der Waals surface area (Å²) < 4.78 is 1.84. The number of hydrogen-bond donors (Lipinski definition) is 2. The summed E-state index contributed by atoms with van der Waals surface area (Å²) >= 11 is 0. The van der Waals surface area contributed by atoms with Crippen LogP contribution in [-0.2, 0) is 6.42 Å². The van der Waals surface area contributed by atoms with E-state index >= 15 is 0 Å². The molecule has 4 aromatic rings. The molecular formula is C18H20N10O. The second-order valence-corrected chi connectivity index (χ2v) is 6.69. The normalized spacial score (nSPS) is 11.1. The molecule has 148 valence electrons. The van der Waals surface area contributed by atoms with Crippen molar-refractivity contribution in [2.24, 2.45) is 0 Å². The van der Waals surface area contributed by atoms with Crippen molar-refractivity contribution in [3.8, 4) is 11.1 Å². The topological polar surface area (TPSA) is 128 Å². The molecule has 0 aromatic carbocycles. The van der Waals surface area contributed by atoms with Crippen LogP contribution in [0.5, 0.6) is 0 Å². The number of imidazole rings is 1. The van der Waals surface area contributed by atoms with Crippen LogP contribution >= 0.6 is 0 Å². The Balaban J connectivity index is 1.35. The SMILES string of the molecule is CC(C)n1nnc(CCNC(=O)Nc2cn3cc(-c4cncnc4)ccc3n2)n1. The van der Waals surface area contributed by atoms with E-state index in [1.54, 1.807) is 23.4 Å². The lowest BCUT2D eigenvalue weighted by molar-refractivity contribution is 0.252. The van der Waals surface area contributed by atoms with Gasteiger partial charge in [0, 0.05) is 42.7 Å². The molecule has 0 unspecified atom stereocenters. The third kappa shape index (κ3) is 4.34. The van der Waals surface area contributed by atoms with E-state index in [4.69, 9.17) is 0 Å². The lowest BCUT2D eigenvalue weighted by atomic mass is 10.1. The minimum Gasteiger partial charge on any atom is -0.337 e. The van der Waals surface area contributed by atoms with Gasteiger partial charge in [0.2, 0.25) is 0 Å². The lowest BCUT2D eigenvalue weighted by Crippen LogP contribution is -2.30. The molecule has 4 aromatic heterocycles. The third-order valence-corrected chi connectivity index (χ3v) is 4.15. The summed E-state index contributed by atoms with van der Waals surface area (Å²) in [5.41, 5.74) is 2.57. The molecule has 2 N–H and O–H groups in total. The van der Waals surface area contributed by atoms with Crippen molar-refractivity contribution in [2.75, 3.05) is 11.9 Å². The van der Waals surface area contributed by atoms with Crippen molar-refractivity contribution >= 4 is 17.5 Å². The zero-order chi connectivity index (χ0) is 20.2. The van der Waals surface area contributed by atoms with Crippen molar-refractivity contribution in [1.29, 1.82) is 0 Å². The van der Waals surface area contributed by atoms with Crippen molar-refractivity contribution in [3.05, 3.63) is 49.1 Å². The van der Waals surface area contributed by atoms with Gasteiger partial charge in [-0.15, -0.1) is 10.2 Å². The molecule has 0 saturated heterocycles. The average molecular weight is 392 g/mol. The molecule has 4 heterocycles. The van der Waals surface area contributed by atoms with Gasteiger partial charge in [-0.2, -0.15) is 4.80 Å². The van der Waals surface area contributed by atoms with Crippen LogP contribution < -0.4 is 10.6 Å². The van der Waals surface area contributed by atoms with Gasteiger partial charge >= 0.3 is 6.03 Å². The van der Waals surface area contributed by atoms with Crippen LogP contribution in [0.3, 0.4) is 0 Å². The standard InChI is InChI=1S/C18H20N10O/c1-12(2)28-25-15(24-26-28)5-6-21-18(29)23-16-10-27-9-13(3-4-17(27)22-16)14-7-19-11-20-8-14/h3-4,7-12H,5-6H2,1-2H3,(H2,21,23,29). The lowest BCUT2D eigenvalue weighted by Gasteiger charge is -2.03. The van der Waals surface area contributed by atoms with Crippen LogP contribution in [0, 0.1) is 0 Å². The van der Waals surface area contributed by atoms with Crippen molar-refractivity contribution in [1.82, 2.24) is 44.9 Å². The van der Waals surface area contributed by atoms with E-state index in [0.29, 0.717) is 24.6 Å². The maximum atomic E-state index is 12.1. The number of nitrogens with zero attached hydrogens (tertiary/aromatic N) is 8. The number of carbonyl (C=O) groups excluding carboxylic acids is 1. The number of hydrogen-bond acceptors (Lipinski definition) is 7. The first kappa shape index (κ1) is 18.5. The number of amides is 2. The number of aromatic nitrogens is 8. The third-order valence-electron chi connectivity index (χ3n) is 4.15. The fourth-order valence-corrected chi connectivity index (χ4v) is 2.69. The Morgan fingerprint density at radius 3 is 2.72 bits per heavy atom. The minimum atomic E-state index is -0.346. The van der Waals surface area contributed by atoms with Gasteiger partial charge in [-0.05, 0) is 31.2 Å².